The smallest absolute Gasteiger partial charge is 0.331 e. The van der Waals surface area contributed by atoms with Crippen LogP contribution < -0.4 is 9.47 Å². The minimum atomic E-state index is -0.492. The molecule has 1 heterocycles. The van der Waals surface area contributed by atoms with Crippen LogP contribution in [0.2, 0.25) is 0 Å². The van der Waals surface area contributed by atoms with Crippen molar-refractivity contribution in [1.29, 1.82) is 0 Å². The van der Waals surface area contributed by atoms with E-state index in [-0.39, 0.29) is 6.61 Å². The number of para-hydroxylation sites is 1. The summed E-state index contributed by atoms with van der Waals surface area (Å²) in [4.78, 5) is 16.5. The summed E-state index contributed by atoms with van der Waals surface area (Å²) in [5.74, 6) is 1.76. The molecule has 0 unspecified atom stereocenters. The molecule has 0 fully saturated rings. The van der Waals surface area contributed by atoms with Gasteiger partial charge < -0.3 is 18.6 Å². The molecule has 0 aliphatic heterocycles. The molecule has 0 spiro atoms. The molecule has 0 bridgehead atoms. The van der Waals surface area contributed by atoms with E-state index in [4.69, 9.17) is 18.6 Å². The van der Waals surface area contributed by atoms with Crippen molar-refractivity contribution in [3.8, 4) is 23.0 Å². The van der Waals surface area contributed by atoms with Crippen molar-refractivity contribution < 1.29 is 23.4 Å². The van der Waals surface area contributed by atoms with E-state index in [0.717, 1.165) is 5.56 Å². The predicted octanol–water partition coefficient (Wildman–Crippen LogP) is 4.42. The van der Waals surface area contributed by atoms with Gasteiger partial charge in [-0.3, -0.25) is 0 Å². The van der Waals surface area contributed by atoms with Gasteiger partial charge >= 0.3 is 5.97 Å². The molecule has 28 heavy (non-hydrogen) atoms. The van der Waals surface area contributed by atoms with Crippen LogP contribution in [-0.4, -0.2) is 25.2 Å². The minimum Gasteiger partial charge on any atom is -0.493 e. The molecular formula is C22H21NO5. The number of hydrogen-bond acceptors (Lipinski definition) is 6. The highest BCUT2D eigenvalue weighted by Crippen LogP contribution is 2.31. The van der Waals surface area contributed by atoms with E-state index in [1.54, 1.807) is 33.3 Å². The summed E-state index contributed by atoms with van der Waals surface area (Å²) < 4.78 is 21.5. The van der Waals surface area contributed by atoms with Crippen molar-refractivity contribution in [1.82, 2.24) is 4.98 Å². The van der Waals surface area contributed by atoms with E-state index in [1.807, 2.05) is 42.5 Å². The molecule has 3 rings (SSSR count). The Labute approximate surface area is 163 Å². The number of hydrogen-bond donors (Lipinski definition) is 0. The first-order chi connectivity index (χ1) is 13.6. The van der Waals surface area contributed by atoms with Crippen molar-refractivity contribution in [2.45, 2.75) is 13.5 Å². The third kappa shape index (κ3) is 4.40. The first kappa shape index (κ1) is 19.2. The summed E-state index contributed by atoms with van der Waals surface area (Å²) in [5.41, 5.74) is 2.16. The van der Waals surface area contributed by atoms with Crippen LogP contribution >= 0.6 is 0 Å². The number of oxazole rings is 1. The van der Waals surface area contributed by atoms with Gasteiger partial charge in [0.05, 0.1) is 14.2 Å². The van der Waals surface area contributed by atoms with Crippen molar-refractivity contribution in [2.75, 3.05) is 14.2 Å². The molecule has 0 radical (unpaired) electrons. The maximum absolute atomic E-state index is 12.1. The average molecular weight is 379 g/mol. The third-order valence-electron chi connectivity index (χ3n) is 4.10. The number of methoxy groups -OCH3 is 2. The van der Waals surface area contributed by atoms with Crippen molar-refractivity contribution in [3.05, 3.63) is 71.6 Å². The summed E-state index contributed by atoms with van der Waals surface area (Å²) in [6, 6.07) is 15.0. The standard InChI is InChI=1S/C22H21NO5/c1-15-18(23-22(28-15)17-8-5-4-6-9-17)14-27-20(24)13-12-16-10-7-11-19(25-2)21(16)26-3/h4-13H,14H2,1-3H3/b13-12+. The Balaban J connectivity index is 1.65. The number of ether oxygens (including phenoxy) is 3. The van der Waals surface area contributed by atoms with Crippen LogP contribution in [0.15, 0.2) is 59.0 Å². The van der Waals surface area contributed by atoms with E-state index in [2.05, 4.69) is 4.98 Å². The van der Waals surface area contributed by atoms with Crippen LogP contribution in [0.5, 0.6) is 11.5 Å². The quantitative estimate of drug-likeness (QED) is 0.447. The average Bonchev–Trinajstić information content (AvgIpc) is 3.11. The van der Waals surface area contributed by atoms with Gasteiger partial charge in [0.2, 0.25) is 5.89 Å². The zero-order valence-electron chi connectivity index (χ0n) is 16.0. The SMILES string of the molecule is COc1cccc(/C=C/C(=O)OCc2nc(-c3ccccc3)oc2C)c1OC. The van der Waals surface area contributed by atoms with Crippen LogP contribution in [0.3, 0.4) is 0 Å². The van der Waals surface area contributed by atoms with Gasteiger partial charge in [-0.25, -0.2) is 9.78 Å². The molecule has 6 heteroatoms. The summed E-state index contributed by atoms with van der Waals surface area (Å²) in [5, 5.41) is 0. The lowest BCUT2D eigenvalue weighted by Gasteiger charge is -2.09. The fraction of sp³-hybridized carbons (Fsp3) is 0.182. The topological polar surface area (TPSA) is 70.8 Å². The van der Waals surface area contributed by atoms with Gasteiger partial charge in [-0.15, -0.1) is 0 Å². The Morgan fingerprint density at radius 3 is 2.57 bits per heavy atom. The predicted molar refractivity (Wildman–Crippen MR) is 105 cm³/mol. The van der Waals surface area contributed by atoms with Crippen LogP contribution in [-0.2, 0) is 16.1 Å². The Hall–Kier alpha value is -3.54. The Morgan fingerprint density at radius 1 is 1.07 bits per heavy atom. The zero-order chi connectivity index (χ0) is 19.9. The largest absolute Gasteiger partial charge is 0.493 e. The van der Waals surface area contributed by atoms with Gasteiger partial charge in [-0.05, 0) is 31.2 Å². The van der Waals surface area contributed by atoms with Crippen LogP contribution in [0.1, 0.15) is 17.0 Å². The summed E-state index contributed by atoms with van der Waals surface area (Å²) in [6.07, 6.45) is 2.96. The van der Waals surface area contributed by atoms with Crippen molar-refractivity contribution >= 4 is 12.0 Å². The maximum atomic E-state index is 12.1. The number of aromatic nitrogens is 1. The monoisotopic (exact) mass is 379 g/mol. The van der Waals surface area contributed by atoms with Gasteiger partial charge in [-0.2, -0.15) is 0 Å². The molecule has 0 aliphatic carbocycles. The minimum absolute atomic E-state index is 0.0284. The van der Waals surface area contributed by atoms with Gasteiger partial charge in [0.1, 0.15) is 18.1 Å². The molecule has 1 aromatic heterocycles. The van der Waals surface area contributed by atoms with Crippen LogP contribution in [0.25, 0.3) is 17.5 Å². The van der Waals surface area contributed by atoms with E-state index in [0.29, 0.717) is 34.4 Å². The number of carbonyl (C=O) groups excluding carboxylic acids is 1. The lowest BCUT2D eigenvalue weighted by molar-refractivity contribution is -0.139. The highest BCUT2D eigenvalue weighted by Gasteiger charge is 2.13. The number of esters is 1. The van der Waals surface area contributed by atoms with Gasteiger partial charge in [0, 0.05) is 17.2 Å². The second-order valence-corrected chi connectivity index (χ2v) is 5.91. The van der Waals surface area contributed by atoms with Crippen molar-refractivity contribution in [3.63, 3.8) is 0 Å². The van der Waals surface area contributed by atoms with E-state index in [1.165, 1.54) is 6.08 Å². The molecular weight excluding hydrogens is 358 g/mol. The summed E-state index contributed by atoms with van der Waals surface area (Å²) >= 11 is 0. The van der Waals surface area contributed by atoms with Gasteiger partial charge in [0.15, 0.2) is 11.5 Å². The zero-order valence-corrected chi connectivity index (χ0v) is 16.0. The maximum Gasteiger partial charge on any atom is 0.331 e. The lowest BCUT2D eigenvalue weighted by atomic mass is 10.1. The first-order valence-electron chi connectivity index (χ1n) is 8.70. The van der Waals surface area contributed by atoms with E-state index < -0.39 is 5.97 Å². The first-order valence-corrected chi connectivity index (χ1v) is 8.70. The summed E-state index contributed by atoms with van der Waals surface area (Å²) in [7, 11) is 3.11. The summed E-state index contributed by atoms with van der Waals surface area (Å²) in [6.45, 7) is 1.82. The second kappa shape index (κ2) is 8.90. The fourth-order valence-electron chi connectivity index (χ4n) is 2.65. The number of nitrogens with zero attached hydrogens (tertiary/aromatic N) is 1. The number of aryl methyl sites for hydroxylation is 1. The molecule has 6 nitrogen and oxygen atoms in total. The normalized spacial score (nSPS) is 10.8. The molecule has 144 valence electrons. The van der Waals surface area contributed by atoms with E-state index >= 15 is 0 Å². The van der Waals surface area contributed by atoms with Gasteiger partial charge in [-0.1, -0.05) is 30.3 Å². The van der Waals surface area contributed by atoms with Crippen LogP contribution in [0.4, 0.5) is 0 Å². The third-order valence-corrected chi connectivity index (χ3v) is 4.10. The Bertz CT molecular complexity index is 976. The highest BCUT2D eigenvalue weighted by molar-refractivity contribution is 5.87. The molecule has 0 N–H and O–H groups in total. The number of rotatable bonds is 7. The van der Waals surface area contributed by atoms with Gasteiger partial charge in [0.25, 0.3) is 0 Å². The molecule has 0 atom stereocenters. The molecule has 2 aromatic carbocycles. The highest BCUT2D eigenvalue weighted by atomic mass is 16.5. The second-order valence-electron chi connectivity index (χ2n) is 5.91. The Kier molecular flexibility index (Phi) is 6.11. The molecule has 0 amide bonds. The Morgan fingerprint density at radius 2 is 1.86 bits per heavy atom. The van der Waals surface area contributed by atoms with Crippen LogP contribution in [0, 0.1) is 6.92 Å². The molecule has 3 aromatic rings. The number of carbonyl (C=O) groups is 1. The van der Waals surface area contributed by atoms with E-state index in [9.17, 15) is 4.79 Å². The molecule has 0 aliphatic rings. The lowest BCUT2D eigenvalue weighted by Crippen LogP contribution is -2.02. The van der Waals surface area contributed by atoms with Crippen molar-refractivity contribution in [2.24, 2.45) is 0 Å². The molecule has 0 saturated carbocycles. The number of benzene rings is 2. The molecule has 0 saturated heterocycles. The fourth-order valence-corrected chi connectivity index (χ4v) is 2.65.